The maximum Gasteiger partial charge on any atom is 0.270 e. The second kappa shape index (κ2) is 7.95. The molecule has 4 nitrogen and oxygen atoms in total. The molecule has 0 N–H and O–H groups in total. The predicted octanol–water partition coefficient (Wildman–Crippen LogP) is 4.85. The predicted molar refractivity (Wildman–Crippen MR) is 120 cm³/mol. The number of nitrogens with zero attached hydrogens (tertiary/aromatic N) is 3. The van der Waals surface area contributed by atoms with E-state index in [1.807, 2.05) is 51.2 Å². The van der Waals surface area contributed by atoms with Gasteiger partial charge in [-0.2, -0.15) is 0 Å². The number of anilines is 1. The molecule has 1 saturated heterocycles. The Morgan fingerprint density at radius 3 is 2.43 bits per heavy atom. The van der Waals surface area contributed by atoms with Crippen molar-refractivity contribution in [2.45, 2.75) is 6.54 Å². The highest BCUT2D eigenvalue weighted by molar-refractivity contribution is 7.17. The van der Waals surface area contributed by atoms with Gasteiger partial charge in [-0.25, -0.2) is 4.39 Å². The van der Waals surface area contributed by atoms with Gasteiger partial charge >= 0.3 is 0 Å². The van der Waals surface area contributed by atoms with E-state index in [1.165, 1.54) is 11.8 Å². The van der Waals surface area contributed by atoms with Crippen LogP contribution >= 0.6 is 11.3 Å². The second-order valence-electron chi connectivity index (χ2n) is 7.49. The van der Waals surface area contributed by atoms with Gasteiger partial charge in [0.05, 0.1) is 16.8 Å². The van der Waals surface area contributed by atoms with Crippen molar-refractivity contribution in [2.75, 3.05) is 31.1 Å². The Morgan fingerprint density at radius 2 is 1.67 bits per heavy atom. The molecule has 1 aliphatic rings. The van der Waals surface area contributed by atoms with Crippen molar-refractivity contribution in [2.24, 2.45) is 0 Å². The summed E-state index contributed by atoms with van der Waals surface area (Å²) < 4.78 is 17.3. The molecule has 0 radical (unpaired) electrons. The summed E-state index contributed by atoms with van der Waals surface area (Å²) in [5, 5.41) is 2.01. The summed E-state index contributed by atoms with van der Waals surface area (Å²) in [4.78, 5) is 17.6. The molecular formula is C24H22FN3OS. The fourth-order valence-corrected chi connectivity index (χ4v) is 4.91. The first kappa shape index (κ1) is 18.9. The van der Waals surface area contributed by atoms with E-state index in [0.717, 1.165) is 23.3 Å². The quantitative estimate of drug-likeness (QED) is 0.473. The summed E-state index contributed by atoms with van der Waals surface area (Å²) in [6.07, 6.45) is 0. The maximum atomic E-state index is 14.3. The molecule has 2 aromatic heterocycles. The minimum Gasteiger partial charge on any atom is -0.368 e. The van der Waals surface area contributed by atoms with Crippen molar-refractivity contribution < 1.29 is 9.18 Å². The summed E-state index contributed by atoms with van der Waals surface area (Å²) in [6.45, 7) is 3.30. The van der Waals surface area contributed by atoms with E-state index in [2.05, 4.69) is 17.0 Å². The van der Waals surface area contributed by atoms with Gasteiger partial charge in [0, 0.05) is 37.4 Å². The average molecular weight is 420 g/mol. The molecule has 152 valence electrons. The third-order valence-electron chi connectivity index (χ3n) is 5.72. The molecule has 1 aliphatic heterocycles. The van der Waals surface area contributed by atoms with Gasteiger partial charge in [-0.05, 0) is 35.7 Å². The van der Waals surface area contributed by atoms with Gasteiger partial charge in [-0.3, -0.25) is 4.79 Å². The largest absolute Gasteiger partial charge is 0.368 e. The number of para-hydroxylation sites is 1. The van der Waals surface area contributed by atoms with Crippen molar-refractivity contribution in [1.82, 2.24) is 9.47 Å². The number of benzene rings is 2. The number of carbonyl (C=O) groups is 1. The van der Waals surface area contributed by atoms with Crippen LogP contribution in [0.15, 0.2) is 72.1 Å². The lowest BCUT2D eigenvalue weighted by Crippen LogP contribution is -2.49. The summed E-state index contributed by atoms with van der Waals surface area (Å²) in [6, 6.07) is 21.0. The summed E-state index contributed by atoms with van der Waals surface area (Å²) in [7, 11) is 0. The van der Waals surface area contributed by atoms with E-state index in [4.69, 9.17) is 0 Å². The standard InChI is InChI=1S/C24H22FN3OS/c25-20-9-5-4-6-18(20)17-28-21-10-15-30-23(21)16-22(28)24(29)27-13-11-26(12-14-27)19-7-2-1-3-8-19/h1-10,15-16H,11-14,17H2. The Balaban J connectivity index is 1.39. The van der Waals surface area contributed by atoms with Gasteiger partial charge < -0.3 is 14.4 Å². The van der Waals surface area contributed by atoms with Crippen molar-refractivity contribution in [3.8, 4) is 0 Å². The summed E-state index contributed by atoms with van der Waals surface area (Å²) in [5.41, 5.74) is 3.39. The zero-order chi connectivity index (χ0) is 20.5. The van der Waals surface area contributed by atoms with Crippen LogP contribution < -0.4 is 4.90 Å². The summed E-state index contributed by atoms with van der Waals surface area (Å²) >= 11 is 1.61. The summed E-state index contributed by atoms with van der Waals surface area (Å²) in [5.74, 6) is -0.230. The number of amides is 1. The van der Waals surface area contributed by atoms with Gasteiger partial charge in [0.2, 0.25) is 0 Å². The van der Waals surface area contributed by atoms with Crippen LogP contribution in [0.2, 0.25) is 0 Å². The molecule has 0 saturated carbocycles. The first-order valence-corrected chi connectivity index (χ1v) is 11.0. The van der Waals surface area contributed by atoms with Crippen LogP contribution in [-0.2, 0) is 6.54 Å². The van der Waals surface area contributed by atoms with Gasteiger partial charge in [-0.1, -0.05) is 36.4 Å². The molecule has 4 aromatic rings. The maximum absolute atomic E-state index is 14.3. The highest BCUT2D eigenvalue weighted by atomic mass is 32.1. The number of aromatic nitrogens is 1. The van der Waals surface area contributed by atoms with Crippen LogP contribution in [0, 0.1) is 5.82 Å². The number of rotatable bonds is 4. The molecule has 6 heteroatoms. The molecule has 2 aromatic carbocycles. The zero-order valence-corrected chi connectivity index (χ0v) is 17.3. The van der Waals surface area contributed by atoms with Gasteiger partial charge in [-0.15, -0.1) is 11.3 Å². The first-order chi connectivity index (χ1) is 14.7. The molecule has 0 atom stereocenters. The number of hydrogen-bond acceptors (Lipinski definition) is 3. The van der Waals surface area contributed by atoms with Crippen molar-refractivity contribution in [1.29, 1.82) is 0 Å². The first-order valence-electron chi connectivity index (χ1n) is 10.1. The smallest absolute Gasteiger partial charge is 0.270 e. The van der Waals surface area contributed by atoms with Crippen LogP contribution in [0.1, 0.15) is 16.1 Å². The average Bonchev–Trinajstić information content (AvgIpc) is 3.38. The minimum absolute atomic E-state index is 0.0162. The Bertz CT molecular complexity index is 1180. The van der Waals surface area contributed by atoms with Gasteiger partial charge in [0.1, 0.15) is 11.5 Å². The molecule has 0 bridgehead atoms. The minimum atomic E-state index is -0.246. The number of piperazine rings is 1. The molecule has 5 rings (SSSR count). The lowest BCUT2D eigenvalue weighted by Gasteiger charge is -2.36. The van der Waals surface area contributed by atoms with E-state index < -0.39 is 0 Å². The Labute approximate surface area is 178 Å². The van der Waals surface area contributed by atoms with Crippen molar-refractivity contribution in [3.63, 3.8) is 0 Å². The monoisotopic (exact) mass is 419 g/mol. The Morgan fingerprint density at radius 1 is 0.933 bits per heavy atom. The molecule has 0 aliphatic carbocycles. The molecular weight excluding hydrogens is 397 g/mol. The van der Waals surface area contributed by atoms with Crippen LogP contribution in [0.5, 0.6) is 0 Å². The molecule has 1 fully saturated rings. The topological polar surface area (TPSA) is 28.5 Å². The lowest BCUT2D eigenvalue weighted by atomic mass is 10.2. The number of halogens is 1. The van der Waals surface area contributed by atoms with E-state index >= 15 is 0 Å². The van der Waals surface area contributed by atoms with Crippen LogP contribution in [0.25, 0.3) is 10.2 Å². The van der Waals surface area contributed by atoms with Crippen molar-refractivity contribution in [3.05, 3.63) is 89.2 Å². The highest BCUT2D eigenvalue weighted by Gasteiger charge is 2.26. The van der Waals surface area contributed by atoms with Gasteiger partial charge in [0.15, 0.2) is 0 Å². The fraction of sp³-hybridized carbons (Fsp3) is 0.208. The fourth-order valence-electron chi connectivity index (χ4n) is 4.09. The number of fused-ring (bicyclic) bond motifs is 1. The van der Waals surface area contributed by atoms with Crippen LogP contribution in [-0.4, -0.2) is 41.6 Å². The van der Waals surface area contributed by atoms with Crippen LogP contribution in [0.4, 0.5) is 10.1 Å². The molecule has 1 amide bonds. The third kappa shape index (κ3) is 3.48. The van der Waals surface area contributed by atoms with E-state index in [1.54, 1.807) is 23.5 Å². The van der Waals surface area contributed by atoms with Crippen molar-refractivity contribution >= 4 is 33.1 Å². The van der Waals surface area contributed by atoms with E-state index in [9.17, 15) is 9.18 Å². The van der Waals surface area contributed by atoms with Gasteiger partial charge in [0.25, 0.3) is 5.91 Å². The normalized spacial score (nSPS) is 14.4. The number of thiophene rings is 1. The number of hydrogen-bond donors (Lipinski definition) is 0. The zero-order valence-electron chi connectivity index (χ0n) is 16.5. The molecule has 3 heterocycles. The highest BCUT2D eigenvalue weighted by Crippen LogP contribution is 2.28. The molecule has 30 heavy (non-hydrogen) atoms. The number of carbonyl (C=O) groups excluding carboxylic acids is 1. The lowest BCUT2D eigenvalue weighted by molar-refractivity contribution is 0.0737. The Hall–Kier alpha value is -3.12. The van der Waals surface area contributed by atoms with E-state index in [0.29, 0.717) is 30.9 Å². The second-order valence-corrected chi connectivity index (χ2v) is 8.44. The SMILES string of the molecule is O=C(c1cc2sccc2n1Cc1ccccc1F)N1CCN(c2ccccc2)CC1. The molecule has 0 spiro atoms. The molecule has 0 unspecified atom stereocenters. The van der Waals surface area contributed by atoms with E-state index in [-0.39, 0.29) is 11.7 Å². The van der Waals surface area contributed by atoms with Crippen LogP contribution in [0.3, 0.4) is 0 Å². The Kier molecular flexibility index (Phi) is 5.01. The third-order valence-corrected chi connectivity index (χ3v) is 6.57.